The van der Waals surface area contributed by atoms with Gasteiger partial charge in [0, 0.05) is 13.1 Å². The lowest BCUT2D eigenvalue weighted by atomic mass is 10.2. The van der Waals surface area contributed by atoms with Crippen molar-refractivity contribution in [3.63, 3.8) is 0 Å². The number of hydrogen-bond donors (Lipinski definition) is 3. The van der Waals surface area contributed by atoms with Crippen molar-refractivity contribution in [1.82, 2.24) is 10.6 Å². The molecule has 5 nitrogen and oxygen atoms in total. The Labute approximate surface area is 140 Å². The van der Waals surface area contributed by atoms with E-state index in [0.29, 0.717) is 19.6 Å². The lowest BCUT2D eigenvalue weighted by Gasteiger charge is -2.08. The molecule has 0 spiro atoms. The Hall–Kier alpha value is -1.64. The molecular formula is C14H20FIN4O. The van der Waals surface area contributed by atoms with Gasteiger partial charge in [-0.05, 0) is 19.1 Å². The maximum atomic E-state index is 13.3. The van der Waals surface area contributed by atoms with Crippen molar-refractivity contribution in [2.75, 3.05) is 19.6 Å². The highest BCUT2D eigenvalue weighted by molar-refractivity contribution is 14.0. The Morgan fingerprint density at radius 2 is 1.95 bits per heavy atom. The van der Waals surface area contributed by atoms with E-state index in [0.717, 1.165) is 5.57 Å². The van der Waals surface area contributed by atoms with Gasteiger partial charge in [0.25, 0.3) is 5.91 Å². The van der Waals surface area contributed by atoms with Crippen molar-refractivity contribution in [3.8, 4) is 0 Å². The minimum Gasteiger partial charge on any atom is -0.370 e. The summed E-state index contributed by atoms with van der Waals surface area (Å²) in [5, 5.41) is 5.43. The van der Waals surface area contributed by atoms with Crippen molar-refractivity contribution < 1.29 is 9.18 Å². The molecule has 0 saturated carbocycles. The van der Waals surface area contributed by atoms with E-state index < -0.39 is 11.7 Å². The number of nitrogens with two attached hydrogens (primary N) is 1. The summed E-state index contributed by atoms with van der Waals surface area (Å²) in [6.07, 6.45) is 0. The van der Waals surface area contributed by atoms with Crippen LogP contribution in [-0.4, -0.2) is 31.5 Å². The Balaban J connectivity index is 0.00000400. The Morgan fingerprint density at radius 3 is 2.57 bits per heavy atom. The number of amides is 1. The molecule has 7 heteroatoms. The highest BCUT2D eigenvalue weighted by Gasteiger charge is 2.09. The zero-order valence-corrected chi connectivity index (χ0v) is 14.2. The highest BCUT2D eigenvalue weighted by Crippen LogP contribution is 2.05. The van der Waals surface area contributed by atoms with Crippen LogP contribution in [0.4, 0.5) is 4.39 Å². The van der Waals surface area contributed by atoms with Crippen molar-refractivity contribution in [2.24, 2.45) is 10.7 Å². The smallest absolute Gasteiger partial charge is 0.254 e. The standard InChI is InChI=1S/C14H19FN4O.HI/c1-10(2)9-19-14(16)18-8-7-17-13(20)11-5-3-4-6-12(11)15;/h3-6H,1,7-9H2,2H3,(H,17,20)(H3,16,18,19);1H. The lowest BCUT2D eigenvalue weighted by molar-refractivity contribution is 0.0950. The zero-order valence-electron chi connectivity index (χ0n) is 11.9. The summed E-state index contributed by atoms with van der Waals surface area (Å²) in [5.74, 6) is -0.712. The monoisotopic (exact) mass is 406 g/mol. The number of hydrogen-bond acceptors (Lipinski definition) is 2. The average molecular weight is 406 g/mol. The van der Waals surface area contributed by atoms with E-state index in [1.807, 2.05) is 6.92 Å². The van der Waals surface area contributed by atoms with Crippen molar-refractivity contribution in [3.05, 3.63) is 47.8 Å². The van der Waals surface area contributed by atoms with Gasteiger partial charge in [-0.25, -0.2) is 9.38 Å². The second-order valence-electron chi connectivity index (χ2n) is 4.32. The summed E-state index contributed by atoms with van der Waals surface area (Å²) in [6.45, 7) is 6.74. The largest absolute Gasteiger partial charge is 0.370 e. The number of aliphatic imine (C=N–C) groups is 1. The fourth-order valence-electron chi connectivity index (χ4n) is 1.38. The van der Waals surface area contributed by atoms with Crippen molar-refractivity contribution in [1.29, 1.82) is 0 Å². The molecule has 1 aromatic rings. The second kappa shape index (κ2) is 10.1. The van der Waals surface area contributed by atoms with Crippen LogP contribution in [0.25, 0.3) is 0 Å². The average Bonchev–Trinajstić information content (AvgIpc) is 2.41. The van der Waals surface area contributed by atoms with Crippen LogP contribution in [-0.2, 0) is 0 Å². The Kier molecular flexibility index (Phi) is 9.35. The van der Waals surface area contributed by atoms with Crippen LogP contribution < -0.4 is 16.4 Å². The SMILES string of the molecule is C=C(C)CN=C(N)NCCNC(=O)c1ccccc1F.I. The van der Waals surface area contributed by atoms with Crippen LogP contribution in [0.2, 0.25) is 0 Å². The molecular weight excluding hydrogens is 386 g/mol. The number of halogens is 2. The molecule has 21 heavy (non-hydrogen) atoms. The zero-order chi connectivity index (χ0) is 15.0. The fourth-order valence-corrected chi connectivity index (χ4v) is 1.38. The van der Waals surface area contributed by atoms with Crippen LogP contribution in [0.3, 0.4) is 0 Å². The van der Waals surface area contributed by atoms with Crippen molar-refractivity contribution >= 4 is 35.8 Å². The third kappa shape index (κ3) is 7.64. The summed E-state index contributed by atoms with van der Waals surface area (Å²) in [6, 6.07) is 5.82. The number of guanidine groups is 1. The van der Waals surface area contributed by atoms with Gasteiger partial charge in [-0.2, -0.15) is 0 Å². The Morgan fingerprint density at radius 1 is 1.33 bits per heavy atom. The van der Waals surface area contributed by atoms with Gasteiger partial charge in [0.05, 0.1) is 12.1 Å². The molecule has 1 aromatic carbocycles. The normalized spacial score (nSPS) is 10.5. The van der Waals surface area contributed by atoms with E-state index in [9.17, 15) is 9.18 Å². The first-order valence-electron chi connectivity index (χ1n) is 6.21. The fraction of sp³-hybridized carbons (Fsp3) is 0.286. The molecule has 0 aliphatic rings. The van der Waals surface area contributed by atoms with Crippen LogP contribution in [0.1, 0.15) is 17.3 Å². The van der Waals surface area contributed by atoms with E-state index in [1.54, 1.807) is 6.07 Å². The van der Waals surface area contributed by atoms with E-state index in [4.69, 9.17) is 5.73 Å². The molecule has 0 saturated heterocycles. The molecule has 0 atom stereocenters. The molecule has 1 rings (SSSR count). The molecule has 0 aromatic heterocycles. The molecule has 0 unspecified atom stereocenters. The minimum absolute atomic E-state index is 0. The summed E-state index contributed by atoms with van der Waals surface area (Å²) in [7, 11) is 0. The molecule has 116 valence electrons. The van der Waals surface area contributed by atoms with Gasteiger partial charge in [-0.3, -0.25) is 4.79 Å². The first kappa shape index (κ1) is 19.4. The third-order valence-electron chi connectivity index (χ3n) is 2.35. The van der Waals surface area contributed by atoms with Gasteiger partial charge in [0.15, 0.2) is 5.96 Å². The van der Waals surface area contributed by atoms with Gasteiger partial charge in [-0.15, -0.1) is 24.0 Å². The van der Waals surface area contributed by atoms with E-state index in [2.05, 4.69) is 22.2 Å². The lowest BCUT2D eigenvalue weighted by Crippen LogP contribution is -2.38. The highest BCUT2D eigenvalue weighted by atomic mass is 127. The summed E-state index contributed by atoms with van der Waals surface area (Å²) in [4.78, 5) is 15.7. The number of nitrogens with one attached hydrogen (secondary N) is 2. The second-order valence-corrected chi connectivity index (χ2v) is 4.32. The van der Waals surface area contributed by atoms with E-state index in [1.165, 1.54) is 18.2 Å². The summed E-state index contributed by atoms with van der Waals surface area (Å²) in [5.41, 5.74) is 6.53. The molecule has 0 heterocycles. The molecule has 0 aliphatic carbocycles. The minimum atomic E-state index is -0.541. The summed E-state index contributed by atoms with van der Waals surface area (Å²) >= 11 is 0. The number of carbonyl (C=O) groups is 1. The predicted octanol–water partition coefficient (Wildman–Crippen LogP) is 1.65. The molecule has 0 fully saturated rings. The van der Waals surface area contributed by atoms with E-state index >= 15 is 0 Å². The van der Waals surface area contributed by atoms with Gasteiger partial charge < -0.3 is 16.4 Å². The Bertz CT molecular complexity index is 519. The number of rotatable bonds is 6. The number of benzene rings is 1. The predicted molar refractivity (Wildman–Crippen MR) is 93.5 cm³/mol. The van der Waals surface area contributed by atoms with Crippen LogP contribution in [0, 0.1) is 5.82 Å². The molecule has 0 bridgehead atoms. The number of nitrogens with zero attached hydrogens (tertiary/aromatic N) is 1. The maximum Gasteiger partial charge on any atom is 0.254 e. The molecule has 4 N–H and O–H groups in total. The van der Waals surface area contributed by atoms with Crippen molar-refractivity contribution in [2.45, 2.75) is 6.92 Å². The molecule has 0 aliphatic heterocycles. The topological polar surface area (TPSA) is 79.5 Å². The number of carbonyl (C=O) groups excluding carboxylic acids is 1. The quantitative estimate of drug-likeness (QED) is 0.221. The summed E-state index contributed by atoms with van der Waals surface area (Å²) < 4.78 is 13.3. The van der Waals surface area contributed by atoms with E-state index in [-0.39, 0.29) is 35.5 Å². The first-order chi connectivity index (χ1) is 9.50. The third-order valence-corrected chi connectivity index (χ3v) is 2.35. The van der Waals surface area contributed by atoms with Gasteiger partial charge >= 0.3 is 0 Å². The first-order valence-corrected chi connectivity index (χ1v) is 6.21. The van der Waals surface area contributed by atoms with Crippen LogP contribution >= 0.6 is 24.0 Å². The van der Waals surface area contributed by atoms with Crippen LogP contribution in [0.15, 0.2) is 41.4 Å². The van der Waals surface area contributed by atoms with Gasteiger partial charge in [0.2, 0.25) is 0 Å². The van der Waals surface area contributed by atoms with Crippen LogP contribution in [0.5, 0.6) is 0 Å². The maximum absolute atomic E-state index is 13.3. The van der Waals surface area contributed by atoms with Gasteiger partial charge in [-0.1, -0.05) is 24.3 Å². The molecule has 0 radical (unpaired) electrons. The van der Waals surface area contributed by atoms with Gasteiger partial charge in [0.1, 0.15) is 5.82 Å². The molecule has 1 amide bonds.